The van der Waals surface area contributed by atoms with Crippen LogP contribution in [0.15, 0.2) is 24.3 Å². The van der Waals surface area contributed by atoms with Crippen molar-refractivity contribution in [2.24, 2.45) is 17.8 Å². The molecular formula is C21H29NO4. The van der Waals surface area contributed by atoms with E-state index >= 15 is 0 Å². The summed E-state index contributed by atoms with van der Waals surface area (Å²) in [4.78, 5) is 14.4. The van der Waals surface area contributed by atoms with Crippen LogP contribution in [0.1, 0.15) is 50.5 Å². The number of ether oxygens (including phenoxy) is 1. The average molecular weight is 359 g/mol. The monoisotopic (exact) mass is 359 g/mol. The Morgan fingerprint density at radius 1 is 1.19 bits per heavy atom. The Bertz CT molecular complexity index is 656. The zero-order valence-electron chi connectivity index (χ0n) is 15.4. The molecule has 3 fully saturated rings. The minimum absolute atomic E-state index is 0.0211. The molecule has 3 aliphatic rings. The van der Waals surface area contributed by atoms with Crippen LogP contribution in [0.2, 0.25) is 0 Å². The summed E-state index contributed by atoms with van der Waals surface area (Å²) in [6.45, 7) is 0. The van der Waals surface area contributed by atoms with E-state index in [9.17, 15) is 15.0 Å². The quantitative estimate of drug-likeness (QED) is 0.867. The van der Waals surface area contributed by atoms with E-state index < -0.39 is 12.0 Å². The molecule has 3 unspecified atom stereocenters. The van der Waals surface area contributed by atoms with Gasteiger partial charge in [-0.2, -0.15) is 0 Å². The first-order valence-corrected chi connectivity index (χ1v) is 9.89. The number of methoxy groups -OCH3 is 1. The molecule has 1 heterocycles. The number of nitrogens with zero attached hydrogens (tertiary/aromatic N) is 1. The Kier molecular flexibility index (Phi) is 4.70. The van der Waals surface area contributed by atoms with Crippen LogP contribution in [0.4, 0.5) is 0 Å². The molecule has 0 spiro atoms. The lowest BCUT2D eigenvalue weighted by Crippen LogP contribution is -2.67. The molecule has 4 atom stereocenters. The van der Waals surface area contributed by atoms with Gasteiger partial charge in [0, 0.05) is 18.3 Å². The lowest BCUT2D eigenvalue weighted by Gasteiger charge is -2.55. The van der Waals surface area contributed by atoms with Crippen LogP contribution in [0.5, 0.6) is 5.75 Å². The highest BCUT2D eigenvalue weighted by Gasteiger charge is 2.56. The first-order valence-electron chi connectivity index (χ1n) is 9.89. The summed E-state index contributed by atoms with van der Waals surface area (Å²) in [5.74, 6) is 0.991. The summed E-state index contributed by atoms with van der Waals surface area (Å²) < 4.78 is 5.22. The zero-order valence-corrected chi connectivity index (χ0v) is 15.4. The van der Waals surface area contributed by atoms with Crippen molar-refractivity contribution in [3.63, 3.8) is 0 Å². The van der Waals surface area contributed by atoms with Crippen LogP contribution in [0.25, 0.3) is 0 Å². The number of aliphatic hydroxyl groups excluding tert-OH is 1. The van der Waals surface area contributed by atoms with Gasteiger partial charge in [0.2, 0.25) is 5.91 Å². The summed E-state index contributed by atoms with van der Waals surface area (Å²) in [6, 6.07) is 7.64. The molecule has 26 heavy (non-hydrogen) atoms. The predicted octanol–water partition coefficient (Wildman–Crippen LogP) is 2.69. The van der Waals surface area contributed by atoms with E-state index in [-0.39, 0.29) is 23.7 Å². The molecule has 4 rings (SSSR count). The van der Waals surface area contributed by atoms with Crippen molar-refractivity contribution in [2.75, 3.05) is 7.11 Å². The molecule has 0 aromatic heterocycles. The molecule has 0 radical (unpaired) electrons. The Morgan fingerprint density at radius 2 is 1.88 bits per heavy atom. The lowest BCUT2D eigenvalue weighted by atomic mass is 9.67. The maximum atomic E-state index is 12.9. The highest BCUT2D eigenvalue weighted by molar-refractivity contribution is 5.82. The van der Waals surface area contributed by atoms with E-state index in [2.05, 4.69) is 0 Å². The van der Waals surface area contributed by atoms with Gasteiger partial charge in [-0.3, -0.25) is 9.69 Å². The number of benzene rings is 1. The highest BCUT2D eigenvalue weighted by atomic mass is 16.5. The standard InChI is InChI=1S/C21H29NO4/c1-26-17-10-6-14(7-11-17)13-21(25)18-5-3-2-4-16(18)12-19(23)22(21)20(24)15-8-9-15/h6-7,10-11,15-16,18-19,23,25H,2-5,8-9,12-13H2,1H3/t16?,18?,19?,21-/m0/s1. The molecule has 1 saturated heterocycles. The van der Waals surface area contributed by atoms with Gasteiger partial charge < -0.3 is 14.9 Å². The average Bonchev–Trinajstić information content (AvgIpc) is 3.47. The van der Waals surface area contributed by atoms with Crippen LogP contribution in [-0.4, -0.2) is 40.1 Å². The van der Waals surface area contributed by atoms with Gasteiger partial charge in [-0.15, -0.1) is 0 Å². The molecule has 1 aromatic rings. The van der Waals surface area contributed by atoms with E-state index in [0.717, 1.165) is 49.8 Å². The van der Waals surface area contributed by atoms with Gasteiger partial charge in [-0.05, 0) is 55.7 Å². The topological polar surface area (TPSA) is 70.0 Å². The number of aliphatic hydroxyl groups is 2. The fraction of sp³-hybridized carbons (Fsp3) is 0.667. The van der Waals surface area contributed by atoms with E-state index in [0.29, 0.717) is 12.8 Å². The van der Waals surface area contributed by atoms with Crippen molar-refractivity contribution in [3.05, 3.63) is 29.8 Å². The molecule has 2 N–H and O–H groups in total. The third kappa shape index (κ3) is 3.12. The summed E-state index contributed by atoms with van der Waals surface area (Å²) >= 11 is 0. The SMILES string of the molecule is COc1ccc(C[C@]2(O)C3CCCCC3CC(O)N2C(=O)C2CC2)cc1. The number of carbonyl (C=O) groups is 1. The normalized spacial score (nSPS) is 34.3. The first-order chi connectivity index (χ1) is 12.5. The molecular weight excluding hydrogens is 330 g/mol. The van der Waals surface area contributed by atoms with E-state index in [4.69, 9.17) is 4.74 Å². The van der Waals surface area contributed by atoms with Crippen molar-refractivity contribution in [3.8, 4) is 5.75 Å². The maximum absolute atomic E-state index is 12.9. The largest absolute Gasteiger partial charge is 0.497 e. The van der Waals surface area contributed by atoms with Crippen molar-refractivity contribution in [1.82, 2.24) is 4.90 Å². The van der Waals surface area contributed by atoms with Crippen molar-refractivity contribution < 1.29 is 19.7 Å². The van der Waals surface area contributed by atoms with Gasteiger partial charge in [0.05, 0.1) is 7.11 Å². The second-order valence-corrected chi connectivity index (χ2v) is 8.25. The zero-order chi connectivity index (χ0) is 18.3. The molecule has 1 aromatic carbocycles. The number of rotatable bonds is 4. The summed E-state index contributed by atoms with van der Waals surface area (Å²) in [7, 11) is 1.63. The molecule has 142 valence electrons. The fourth-order valence-electron chi connectivity index (χ4n) is 5.04. The molecule has 1 amide bonds. The predicted molar refractivity (Wildman–Crippen MR) is 97.3 cm³/mol. The second kappa shape index (κ2) is 6.86. The lowest BCUT2D eigenvalue weighted by molar-refractivity contribution is -0.248. The maximum Gasteiger partial charge on any atom is 0.230 e. The number of piperidine rings is 1. The first kappa shape index (κ1) is 17.8. The molecule has 5 nitrogen and oxygen atoms in total. The Hall–Kier alpha value is -1.59. The number of carbonyl (C=O) groups excluding carboxylic acids is 1. The van der Waals surface area contributed by atoms with Gasteiger partial charge >= 0.3 is 0 Å². The fourth-order valence-corrected chi connectivity index (χ4v) is 5.04. The van der Waals surface area contributed by atoms with Crippen LogP contribution in [0, 0.1) is 17.8 Å². The number of likely N-dealkylation sites (tertiary alicyclic amines) is 1. The number of hydrogen-bond acceptors (Lipinski definition) is 4. The van der Waals surface area contributed by atoms with Gasteiger partial charge in [0.1, 0.15) is 17.7 Å². The van der Waals surface area contributed by atoms with Crippen LogP contribution >= 0.6 is 0 Å². The molecule has 2 saturated carbocycles. The Morgan fingerprint density at radius 3 is 2.54 bits per heavy atom. The smallest absolute Gasteiger partial charge is 0.230 e. The molecule has 2 aliphatic carbocycles. The third-order valence-electron chi connectivity index (χ3n) is 6.52. The second-order valence-electron chi connectivity index (χ2n) is 8.25. The molecule has 0 bridgehead atoms. The van der Waals surface area contributed by atoms with Gasteiger partial charge in [-0.25, -0.2) is 0 Å². The van der Waals surface area contributed by atoms with Crippen LogP contribution in [-0.2, 0) is 11.2 Å². The van der Waals surface area contributed by atoms with E-state index in [1.165, 1.54) is 4.90 Å². The Balaban J connectivity index is 1.67. The summed E-state index contributed by atoms with van der Waals surface area (Å²) in [5, 5.41) is 22.6. The Labute approximate surface area is 155 Å². The van der Waals surface area contributed by atoms with Crippen molar-refractivity contribution in [2.45, 2.75) is 63.3 Å². The van der Waals surface area contributed by atoms with Gasteiger partial charge in [-0.1, -0.05) is 25.0 Å². The number of amides is 1. The summed E-state index contributed by atoms with van der Waals surface area (Å²) in [6.07, 6.45) is 5.96. The number of fused-ring (bicyclic) bond motifs is 1. The minimum Gasteiger partial charge on any atom is -0.497 e. The minimum atomic E-state index is -1.31. The van der Waals surface area contributed by atoms with Crippen LogP contribution < -0.4 is 4.74 Å². The van der Waals surface area contributed by atoms with E-state index in [1.807, 2.05) is 24.3 Å². The number of hydrogen-bond donors (Lipinski definition) is 2. The van der Waals surface area contributed by atoms with Crippen molar-refractivity contribution in [1.29, 1.82) is 0 Å². The highest BCUT2D eigenvalue weighted by Crippen LogP contribution is 2.49. The van der Waals surface area contributed by atoms with E-state index in [1.54, 1.807) is 7.11 Å². The van der Waals surface area contributed by atoms with Gasteiger partial charge in [0.25, 0.3) is 0 Å². The van der Waals surface area contributed by atoms with Gasteiger partial charge in [0.15, 0.2) is 0 Å². The molecule has 1 aliphatic heterocycles. The van der Waals surface area contributed by atoms with Crippen LogP contribution in [0.3, 0.4) is 0 Å². The molecule has 5 heteroatoms. The van der Waals surface area contributed by atoms with Crippen molar-refractivity contribution >= 4 is 5.91 Å². The third-order valence-corrected chi connectivity index (χ3v) is 6.52. The summed E-state index contributed by atoms with van der Waals surface area (Å²) in [5.41, 5.74) is -0.350.